The van der Waals surface area contributed by atoms with Crippen molar-refractivity contribution < 1.29 is 18.7 Å². The molecule has 0 aromatic heterocycles. The van der Waals surface area contributed by atoms with E-state index in [4.69, 9.17) is 4.74 Å². The van der Waals surface area contributed by atoms with Crippen molar-refractivity contribution in [3.05, 3.63) is 29.6 Å². The van der Waals surface area contributed by atoms with E-state index < -0.39 is 5.97 Å². The number of halogens is 1. The average molecular weight is 288 g/mol. The molecule has 0 spiro atoms. The lowest BCUT2D eigenvalue weighted by atomic mass is 10.1. The number of thioether (sulfide) groups is 1. The Balaban J connectivity index is 0.00000154. The van der Waals surface area contributed by atoms with Crippen molar-refractivity contribution in [1.29, 1.82) is 0 Å². The third-order valence-electron chi connectivity index (χ3n) is 2.14. The molecule has 0 aliphatic carbocycles. The first kappa shape index (κ1) is 17.9. The van der Waals surface area contributed by atoms with E-state index in [1.54, 1.807) is 19.2 Å². The predicted molar refractivity (Wildman–Crippen MR) is 76.1 cm³/mol. The van der Waals surface area contributed by atoms with E-state index in [-0.39, 0.29) is 12.2 Å². The molecule has 19 heavy (non-hydrogen) atoms. The molecule has 5 heteroatoms. The molecule has 0 atom stereocenters. The third-order valence-corrected chi connectivity index (χ3v) is 3.10. The molecular weight excluding hydrogens is 267 g/mol. The molecule has 0 aliphatic heterocycles. The van der Waals surface area contributed by atoms with E-state index in [1.165, 1.54) is 24.9 Å². The molecule has 3 nitrogen and oxygen atoms in total. The largest absolute Gasteiger partial charge is 0.469 e. The summed E-state index contributed by atoms with van der Waals surface area (Å²) in [6.45, 7) is 4.62. The Bertz CT molecular complexity index is 383. The van der Waals surface area contributed by atoms with Crippen LogP contribution in [-0.4, -0.2) is 32.5 Å². The summed E-state index contributed by atoms with van der Waals surface area (Å²) < 4.78 is 23.0. The summed E-state index contributed by atoms with van der Waals surface area (Å²) in [6.07, 6.45) is -0.0364. The van der Waals surface area contributed by atoms with Gasteiger partial charge in [0.05, 0.1) is 20.1 Å². The normalized spacial score (nSPS) is 9.53. The van der Waals surface area contributed by atoms with Gasteiger partial charge in [-0.05, 0) is 17.7 Å². The fraction of sp³-hybridized carbons (Fsp3) is 0.500. The molecule has 0 heterocycles. The van der Waals surface area contributed by atoms with Crippen molar-refractivity contribution in [2.75, 3.05) is 26.6 Å². The first-order chi connectivity index (χ1) is 9.17. The molecule has 1 aromatic carbocycles. The molecule has 0 fully saturated rings. The Hall–Kier alpha value is -1.07. The lowest BCUT2D eigenvalue weighted by Gasteiger charge is -2.05. The summed E-state index contributed by atoms with van der Waals surface area (Å²) in [7, 11) is 2.91. The van der Waals surface area contributed by atoms with Gasteiger partial charge in [-0.1, -0.05) is 19.9 Å². The van der Waals surface area contributed by atoms with Gasteiger partial charge in [0.2, 0.25) is 0 Å². The summed E-state index contributed by atoms with van der Waals surface area (Å²) in [5, 5.41) is 0. The number of benzene rings is 1. The molecule has 0 saturated carbocycles. The van der Waals surface area contributed by atoms with Gasteiger partial charge in [0, 0.05) is 17.8 Å². The molecule has 0 radical (unpaired) electrons. The highest BCUT2D eigenvalue weighted by atomic mass is 32.2. The molecular formula is C14H21FO3S. The Morgan fingerprint density at radius 2 is 2.00 bits per heavy atom. The second kappa shape index (κ2) is 10.8. The third kappa shape index (κ3) is 7.18. The van der Waals surface area contributed by atoms with Gasteiger partial charge in [-0.15, -0.1) is 11.8 Å². The zero-order chi connectivity index (χ0) is 14.7. The van der Waals surface area contributed by atoms with Crippen LogP contribution in [0, 0.1) is 5.82 Å². The number of esters is 1. The van der Waals surface area contributed by atoms with Crippen LogP contribution < -0.4 is 0 Å². The van der Waals surface area contributed by atoms with Crippen LogP contribution in [0.3, 0.4) is 0 Å². The zero-order valence-corrected chi connectivity index (χ0v) is 12.7. The van der Waals surface area contributed by atoms with Gasteiger partial charge in [-0.2, -0.15) is 0 Å². The van der Waals surface area contributed by atoms with E-state index in [1.807, 2.05) is 13.8 Å². The molecule has 0 amide bonds. The first-order valence-electron chi connectivity index (χ1n) is 6.14. The maximum atomic E-state index is 13.6. The van der Waals surface area contributed by atoms with E-state index in [0.29, 0.717) is 12.2 Å². The molecule has 1 rings (SSSR count). The quantitative estimate of drug-likeness (QED) is 0.457. The number of hydrogen-bond acceptors (Lipinski definition) is 4. The summed E-state index contributed by atoms with van der Waals surface area (Å²) >= 11 is 1.51. The van der Waals surface area contributed by atoms with Crippen LogP contribution in [0.4, 0.5) is 4.39 Å². The smallest absolute Gasteiger partial charge is 0.310 e. The summed E-state index contributed by atoms with van der Waals surface area (Å²) in [5.74, 6) is -0.0479. The Labute approximate surface area is 118 Å². The van der Waals surface area contributed by atoms with Gasteiger partial charge in [0.1, 0.15) is 5.82 Å². The zero-order valence-electron chi connectivity index (χ0n) is 11.9. The van der Waals surface area contributed by atoms with E-state index >= 15 is 0 Å². The predicted octanol–water partition coefficient (Wildman–Crippen LogP) is 3.31. The standard InChI is InChI=1S/C12H15FO3S.C2H6/c1-15-5-6-17-10-4-3-9(11(13)8-10)7-12(14)16-2;1-2/h3-4,8H,5-7H2,1-2H3;1-2H3. The Morgan fingerprint density at radius 3 is 2.53 bits per heavy atom. The molecule has 0 aliphatic rings. The summed E-state index contributed by atoms with van der Waals surface area (Å²) in [5.41, 5.74) is 0.355. The maximum Gasteiger partial charge on any atom is 0.310 e. The van der Waals surface area contributed by atoms with Crippen LogP contribution in [0.1, 0.15) is 19.4 Å². The van der Waals surface area contributed by atoms with Crippen LogP contribution in [0.2, 0.25) is 0 Å². The van der Waals surface area contributed by atoms with E-state index in [0.717, 1.165) is 10.6 Å². The molecule has 0 saturated heterocycles. The Morgan fingerprint density at radius 1 is 1.32 bits per heavy atom. The first-order valence-corrected chi connectivity index (χ1v) is 7.13. The number of methoxy groups -OCH3 is 2. The van der Waals surface area contributed by atoms with Crippen molar-refractivity contribution in [3.8, 4) is 0 Å². The van der Waals surface area contributed by atoms with E-state index in [9.17, 15) is 9.18 Å². The van der Waals surface area contributed by atoms with Crippen molar-refractivity contribution in [2.24, 2.45) is 0 Å². The van der Waals surface area contributed by atoms with Gasteiger partial charge >= 0.3 is 5.97 Å². The van der Waals surface area contributed by atoms with Gasteiger partial charge < -0.3 is 9.47 Å². The molecule has 0 bridgehead atoms. The minimum absolute atomic E-state index is 0.0364. The summed E-state index contributed by atoms with van der Waals surface area (Å²) in [4.78, 5) is 11.8. The van der Waals surface area contributed by atoms with Gasteiger partial charge in [0.25, 0.3) is 0 Å². The monoisotopic (exact) mass is 288 g/mol. The Kier molecular flexibility index (Phi) is 10.2. The lowest BCUT2D eigenvalue weighted by molar-refractivity contribution is -0.139. The van der Waals surface area contributed by atoms with Crippen LogP contribution in [-0.2, 0) is 20.7 Å². The topological polar surface area (TPSA) is 35.5 Å². The van der Waals surface area contributed by atoms with Crippen molar-refractivity contribution in [2.45, 2.75) is 25.2 Å². The highest BCUT2D eigenvalue weighted by molar-refractivity contribution is 7.99. The highest BCUT2D eigenvalue weighted by Gasteiger charge is 2.09. The minimum Gasteiger partial charge on any atom is -0.469 e. The number of hydrogen-bond donors (Lipinski definition) is 0. The van der Waals surface area contributed by atoms with Crippen molar-refractivity contribution >= 4 is 17.7 Å². The van der Waals surface area contributed by atoms with Gasteiger partial charge in [-0.25, -0.2) is 4.39 Å². The fourth-order valence-electron chi connectivity index (χ4n) is 1.23. The molecule has 0 N–H and O–H groups in total. The minimum atomic E-state index is -0.441. The van der Waals surface area contributed by atoms with Crippen molar-refractivity contribution in [3.63, 3.8) is 0 Å². The van der Waals surface area contributed by atoms with Crippen molar-refractivity contribution in [1.82, 2.24) is 0 Å². The van der Waals surface area contributed by atoms with E-state index in [2.05, 4.69) is 4.74 Å². The second-order valence-electron chi connectivity index (χ2n) is 3.35. The van der Waals surface area contributed by atoms with Crippen LogP contribution in [0.5, 0.6) is 0 Å². The molecule has 0 unspecified atom stereocenters. The summed E-state index contributed by atoms with van der Waals surface area (Å²) in [6, 6.07) is 4.83. The fourth-order valence-corrected chi connectivity index (χ4v) is 2.07. The highest BCUT2D eigenvalue weighted by Crippen LogP contribution is 2.21. The van der Waals surface area contributed by atoms with Gasteiger partial charge in [0.15, 0.2) is 0 Å². The molecule has 108 valence electrons. The SMILES string of the molecule is CC.COCCSc1ccc(CC(=O)OC)c(F)c1. The van der Waals surface area contributed by atoms with Crippen LogP contribution in [0.25, 0.3) is 0 Å². The van der Waals surface area contributed by atoms with Crippen LogP contribution in [0.15, 0.2) is 23.1 Å². The number of carbonyl (C=O) groups is 1. The average Bonchev–Trinajstić information content (AvgIpc) is 2.44. The van der Waals surface area contributed by atoms with Gasteiger partial charge in [-0.3, -0.25) is 4.79 Å². The number of rotatable bonds is 6. The number of ether oxygens (including phenoxy) is 2. The second-order valence-corrected chi connectivity index (χ2v) is 4.52. The lowest BCUT2D eigenvalue weighted by Crippen LogP contribution is -2.06. The maximum absolute atomic E-state index is 13.6. The molecule has 1 aromatic rings. The number of carbonyl (C=O) groups excluding carboxylic acids is 1. The van der Waals surface area contributed by atoms with Crippen LogP contribution >= 0.6 is 11.8 Å².